The van der Waals surface area contributed by atoms with E-state index in [0.29, 0.717) is 45.2 Å². The Bertz CT molecular complexity index is 606. The zero-order valence-corrected chi connectivity index (χ0v) is 16.9. The third-order valence-electron chi connectivity index (χ3n) is 5.00. The highest BCUT2D eigenvalue weighted by atomic mass is 35.5. The van der Waals surface area contributed by atoms with Gasteiger partial charge in [0.05, 0.1) is 5.94 Å². The van der Waals surface area contributed by atoms with Gasteiger partial charge in [0.25, 0.3) is 0 Å². The first-order valence-electron chi connectivity index (χ1n) is 9.73. The van der Waals surface area contributed by atoms with Crippen molar-refractivity contribution in [1.29, 1.82) is 0 Å². The molecule has 156 valence electrons. The van der Waals surface area contributed by atoms with Crippen LogP contribution in [0.15, 0.2) is 30.3 Å². The van der Waals surface area contributed by atoms with Gasteiger partial charge in [-0.25, -0.2) is 0 Å². The molecule has 1 heterocycles. The van der Waals surface area contributed by atoms with Gasteiger partial charge in [0, 0.05) is 13.0 Å². The van der Waals surface area contributed by atoms with Gasteiger partial charge in [0.15, 0.2) is 0 Å². The van der Waals surface area contributed by atoms with Crippen LogP contribution in [0.5, 0.6) is 0 Å². The molecule has 1 aromatic carbocycles. The van der Waals surface area contributed by atoms with Gasteiger partial charge in [0.2, 0.25) is 11.8 Å². The summed E-state index contributed by atoms with van der Waals surface area (Å²) in [6.45, 7) is 1.08. The number of aryl methyl sites for hydroxylation is 1. The summed E-state index contributed by atoms with van der Waals surface area (Å²) in [6.07, 6.45) is 4.26. The Balaban J connectivity index is 0.00000392. The maximum Gasteiger partial charge on any atom is 0.475 e. The lowest BCUT2D eigenvalue weighted by atomic mass is 9.76. The molecule has 0 aliphatic carbocycles. The normalized spacial score (nSPS) is 17.0. The highest BCUT2D eigenvalue weighted by Crippen LogP contribution is 2.20. The molecule has 28 heavy (non-hydrogen) atoms. The molecular formula is C19H30BClN3O4-. The number of unbranched alkanes of at least 4 members (excludes halogenated alkanes) is 1. The molecule has 2 atom stereocenters. The van der Waals surface area contributed by atoms with Crippen molar-refractivity contribution in [2.75, 3.05) is 13.1 Å². The van der Waals surface area contributed by atoms with Gasteiger partial charge in [-0.3, -0.25) is 9.59 Å². The van der Waals surface area contributed by atoms with Gasteiger partial charge < -0.3 is 38.4 Å². The number of amides is 2. The van der Waals surface area contributed by atoms with Crippen LogP contribution in [0.2, 0.25) is 0 Å². The summed E-state index contributed by atoms with van der Waals surface area (Å²) in [5, 5.41) is 21.7. The lowest BCUT2D eigenvalue weighted by molar-refractivity contribution is -0.138. The highest BCUT2D eigenvalue weighted by molar-refractivity contribution is 6.43. The monoisotopic (exact) mass is 410 g/mol. The second kappa shape index (κ2) is 12.8. The van der Waals surface area contributed by atoms with Gasteiger partial charge in [0.1, 0.15) is 6.04 Å². The summed E-state index contributed by atoms with van der Waals surface area (Å²) in [7, 11) is -1.63. The van der Waals surface area contributed by atoms with E-state index in [-0.39, 0.29) is 24.2 Å². The second-order valence-corrected chi connectivity index (χ2v) is 7.04. The van der Waals surface area contributed by atoms with Gasteiger partial charge in [-0.15, -0.1) is 0 Å². The van der Waals surface area contributed by atoms with Crippen LogP contribution in [0.1, 0.15) is 44.1 Å². The van der Waals surface area contributed by atoms with Crippen molar-refractivity contribution in [2.45, 2.75) is 56.9 Å². The number of carbonyl (C=O) groups is 2. The minimum atomic E-state index is -1.63. The van der Waals surface area contributed by atoms with E-state index in [1.54, 1.807) is 4.90 Å². The molecule has 1 fully saturated rings. The summed E-state index contributed by atoms with van der Waals surface area (Å²) >= 11 is 0. The summed E-state index contributed by atoms with van der Waals surface area (Å²) in [5.74, 6) is -1.10. The van der Waals surface area contributed by atoms with E-state index < -0.39 is 19.1 Å². The molecule has 2 rings (SSSR count). The van der Waals surface area contributed by atoms with Crippen LogP contribution in [0.3, 0.4) is 0 Å². The van der Waals surface area contributed by atoms with E-state index in [9.17, 15) is 19.6 Å². The number of hydrogen-bond acceptors (Lipinski definition) is 5. The van der Waals surface area contributed by atoms with E-state index in [2.05, 4.69) is 5.32 Å². The molecule has 7 nitrogen and oxygen atoms in total. The molecule has 1 saturated heterocycles. The van der Waals surface area contributed by atoms with Gasteiger partial charge in [-0.2, -0.15) is 0 Å². The second-order valence-electron chi connectivity index (χ2n) is 7.04. The fraction of sp³-hybridized carbons (Fsp3) is 0.579. The van der Waals surface area contributed by atoms with Crippen molar-refractivity contribution in [3.05, 3.63) is 35.9 Å². The first kappa shape index (κ1) is 24.4. The minimum Gasteiger partial charge on any atom is -1.00 e. The van der Waals surface area contributed by atoms with Crippen LogP contribution in [0, 0.1) is 0 Å². The molecule has 0 spiro atoms. The SMILES string of the molecule is NCCCC[C@H](NC(=O)[C@@H]1CCCN1C(=O)CCc1ccccc1)B(O)O.[Cl-]. The molecule has 2 amide bonds. The molecule has 0 bridgehead atoms. The average Bonchev–Trinajstić information content (AvgIpc) is 3.16. The fourth-order valence-corrected chi connectivity index (χ4v) is 3.46. The number of nitrogens with two attached hydrogens (primary N) is 1. The van der Waals surface area contributed by atoms with Gasteiger partial charge >= 0.3 is 7.12 Å². The maximum atomic E-state index is 12.6. The highest BCUT2D eigenvalue weighted by Gasteiger charge is 2.36. The van der Waals surface area contributed by atoms with Crippen LogP contribution in [0.25, 0.3) is 0 Å². The molecule has 0 saturated carbocycles. The third kappa shape index (κ3) is 7.43. The Morgan fingerprint density at radius 2 is 1.96 bits per heavy atom. The molecule has 1 aromatic rings. The van der Waals surface area contributed by atoms with Crippen molar-refractivity contribution in [2.24, 2.45) is 5.73 Å². The van der Waals surface area contributed by atoms with E-state index in [0.717, 1.165) is 18.4 Å². The van der Waals surface area contributed by atoms with E-state index in [4.69, 9.17) is 5.73 Å². The summed E-state index contributed by atoms with van der Waals surface area (Å²) < 4.78 is 0. The van der Waals surface area contributed by atoms with Crippen molar-refractivity contribution in [3.8, 4) is 0 Å². The molecule has 9 heteroatoms. The molecule has 1 aliphatic heterocycles. The molecule has 5 N–H and O–H groups in total. The lowest BCUT2D eigenvalue weighted by Gasteiger charge is -2.26. The molecular weight excluding hydrogens is 380 g/mol. The number of carbonyl (C=O) groups excluding carboxylic acids is 2. The number of hydrogen-bond donors (Lipinski definition) is 4. The smallest absolute Gasteiger partial charge is 0.475 e. The Labute approximate surface area is 173 Å². The molecule has 0 radical (unpaired) electrons. The van der Waals surface area contributed by atoms with Crippen molar-refractivity contribution < 1.29 is 32.0 Å². The predicted octanol–water partition coefficient (Wildman–Crippen LogP) is -2.76. The van der Waals surface area contributed by atoms with E-state index in [1.165, 1.54) is 0 Å². The van der Waals surface area contributed by atoms with Crippen LogP contribution < -0.4 is 23.5 Å². The topological polar surface area (TPSA) is 116 Å². The number of rotatable bonds is 10. The summed E-state index contributed by atoms with van der Waals surface area (Å²) in [5.41, 5.74) is 6.55. The number of benzene rings is 1. The molecule has 0 unspecified atom stereocenters. The Morgan fingerprint density at radius 3 is 2.61 bits per heavy atom. The largest absolute Gasteiger partial charge is 1.00 e. The Hall–Kier alpha value is -1.61. The summed E-state index contributed by atoms with van der Waals surface area (Å²) in [4.78, 5) is 26.9. The van der Waals surface area contributed by atoms with Crippen LogP contribution in [0.4, 0.5) is 0 Å². The Morgan fingerprint density at radius 1 is 1.25 bits per heavy atom. The lowest BCUT2D eigenvalue weighted by Crippen LogP contribution is -3.00. The van der Waals surface area contributed by atoms with Gasteiger partial charge in [-0.05, 0) is 44.2 Å². The zero-order valence-electron chi connectivity index (χ0n) is 16.1. The Kier molecular flexibility index (Phi) is 11.1. The van der Waals surface area contributed by atoms with E-state index >= 15 is 0 Å². The van der Waals surface area contributed by atoms with Gasteiger partial charge in [-0.1, -0.05) is 36.8 Å². The molecule has 0 aromatic heterocycles. The van der Waals surface area contributed by atoms with Crippen LogP contribution in [-0.2, 0) is 16.0 Å². The quantitative estimate of drug-likeness (QED) is 0.246. The summed E-state index contributed by atoms with van der Waals surface area (Å²) in [6, 6.07) is 9.25. The van der Waals surface area contributed by atoms with E-state index in [1.807, 2.05) is 30.3 Å². The van der Waals surface area contributed by atoms with Crippen LogP contribution in [-0.4, -0.2) is 59.0 Å². The number of halogens is 1. The number of likely N-dealkylation sites (tertiary alicyclic amines) is 1. The first-order valence-corrected chi connectivity index (χ1v) is 9.73. The van der Waals surface area contributed by atoms with Crippen molar-refractivity contribution in [1.82, 2.24) is 10.2 Å². The van der Waals surface area contributed by atoms with Crippen molar-refractivity contribution in [3.63, 3.8) is 0 Å². The zero-order chi connectivity index (χ0) is 19.6. The predicted molar refractivity (Wildman–Crippen MR) is 105 cm³/mol. The first-order chi connectivity index (χ1) is 13.0. The minimum absolute atomic E-state index is 0. The molecule has 1 aliphatic rings. The maximum absolute atomic E-state index is 12.6. The number of nitrogens with one attached hydrogen (secondary N) is 1. The van der Waals surface area contributed by atoms with Crippen LogP contribution >= 0.6 is 0 Å². The average molecular weight is 411 g/mol. The third-order valence-corrected chi connectivity index (χ3v) is 5.00. The fourth-order valence-electron chi connectivity index (χ4n) is 3.46. The number of nitrogens with zero attached hydrogens (tertiary/aromatic N) is 1. The van der Waals surface area contributed by atoms with Crippen molar-refractivity contribution >= 4 is 18.9 Å². The standard InChI is InChI=1S/C19H30BN3O4.ClH/c21-13-5-4-10-17(20(26)27)22-19(25)16-9-6-14-23(16)18(24)12-11-15-7-2-1-3-8-15;/h1-3,7-8,16-17,26-27H,4-6,9-14,21H2,(H,22,25);1H/p-1/t16-,17-;/m0./s1.